The Hall–Kier alpha value is -2.88. The molecule has 0 N–H and O–H groups in total. The van der Waals surface area contributed by atoms with Crippen LogP contribution in [0.2, 0.25) is 0 Å². The number of para-hydroxylation sites is 1. The Morgan fingerprint density at radius 3 is 2.16 bits per heavy atom. The van der Waals surface area contributed by atoms with E-state index in [9.17, 15) is 0 Å². The smallest absolute Gasteiger partial charge is 0.163 e. The van der Waals surface area contributed by atoms with Crippen molar-refractivity contribution in [3.63, 3.8) is 0 Å². The fourth-order valence-corrected chi connectivity index (χ4v) is 3.20. The third-order valence-corrected chi connectivity index (χ3v) is 4.65. The van der Waals surface area contributed by atoms with E-state index in [1.54, 1.807) is 0 Å². The SMILES string of the molecule is CN(c1ccccc1)c1cc(N2CCCC2)nc(-c2ccccc2)n1. The summed E-state index contributed by atoms with van der Waals surface area (Å²) < 4.78 is 0. The van der Waals surface area contributed by atoms with E-state index in [0.717, 1.165) is 41.8 Å². The summed E-state index contributed by atoms with van der Waals surface area (Å²) in [5.74, 6) is 2.72. The van der Waals surface area contributed by atoms with E-state index in [1.807, 2.05) is 36.4 Å². The second-order valence-corrected chi connectivity index (χ2v) is 6.36. The van der Waals surface area contributed by atoms with Gasteiger partial charge in [0.15, 0.2) is 5.82 Å². The highest BCUT2D eigenvalue weighted by atomic mass is 15.2. The van der Waals surface area contributed by atoms with Crippen molar-refractivity contribution in [1.29, 1.82) is 0 Å². The van der Waals surface area contributed by atoms with Crippen LogP contribution in [0.3, 0.4) is 0 Å². The molecule has 1 aliphatic heterocycles. The Morgan fingerprint density at radius 2 is 1.48 bits per heavy atom. The summed E-state index contributed by atoms with van der Waals surface area (Å²) >= 11 is 0. The molecule has 4 heteroatoms. The maximum Gasteiger partial charge on any atom is 0.163 e. The monoisotopic (exact) mass is 330 g/mol. The van der Waals surface area contributed by atoms with Crippen LogP contribution in [0, 0.1) is 0 Å². The third-order valence-electron chi connectivity index (χ3n) is 4.65. The van der Waals surface area contributed by atoms with Gasteiger partial charge in [-0.3, -0.25) is 0 Å². The lowest BCUT2D eigenvalue weighted by Crippen LogP contribution is -2.21. The largest absolute Gasteiger partial charge is 0.356 e. The number of hydrogen-bond acceptors (Lipinski definition) is 4. The van der Waals surface area contributed by atoms with Crippen LogP contribution in [0.15, 0.2) is 66.7 Å². The van der Waals surface area contributed by atoms with Crippen molar-refractivity contribution in [3.8, 4) is 11.4 Å². The maximum absolute atomic E-state index is 4.85. The fourth-order valence-electron chi connectivity index (χ4n) is 3.20. The van der Waals surface area contributed by atoms with Gasteiger partial charge in [0.1, 0.15) is 11.6 Å². The molecule has 3 aromatic rings. The molecule has 2 aromatic carbocycles. The van der Waals surface area contributed by atoms with Gasteiger partial charge in [-0.15, -0.1) is 0 Å². The number of hydrogen-bond donors (Lipinski definition) is 0. The van der Waals surface area contributed by atoms with Gasteiger partial charge in [-0.25, -0.2) is 9.97 Å². The molecule has 1 saturated heterocycles. The normalized spacial score (nSPS) is 13.9. The molecule has 0 unspecified atom stereocenters. The van der Waals surface area contributed by atoms with E-state index in [2.05, 4.69) is 47.2 Å². The minimum atomic E-state index is 0.780. The van der Waals surface area contributed by atoms with Crippen molar-refractivity contribution in [2.24, 2.45) is 0 Å². The van der Waals surface area contributed by atoms with Gasteiger partial charge in [0.25, 0.3) is 0 Å². The van der Waals surface area contributed by atoms with Crippen molar-refractivity contribution in [2.45, 2.75) is 12.8 Å². The van der Waals surface area contributed by atoms with Crippen LogP contribution in [0.25, 0.3) is 11.4 Å². The van der Waals surface area contributed by atoms with Crippen LogP contribution >= 0.6 is 0 Å². The molecule has 0 bridgehead atoms. The van der Waals surface area contributed by atoms with Crippen LogP contribution in [0.5, 0.6) is 0 Å². The van der Waals surface area contributed by atoms with Gasteiger partial charge in [-0.2, -0.15) is 0 Å². The third kappa shape index (κ3) is 3.33. The summed E-state index contributed by atoms with van der Waals surface area (Å²) in [6.45, 7) is 2.14. The molecular weight excluding hydrogens is 308 g/mol. The zero-order valence-electron chi connectivity index (χ0n) is 14.5. The van der Waals surface area contributed by atoms with E-state index < -0.39 is 0 Å². The van der Waals surface area contributed by atoms with E-state index >= 15 is 0 Å². The molecule has 0 saturated carbocycles. The summed E-state index contributed by atoms with van der Waals surface area (Å²) in [5.41, 5.74) is 2.17. The maximum atomic E-state index is 4.85. The highest BCUT2D eigenvalue weighted by molar-refractivity contribution is 5.67. The number of benzene rings is 2. The highest BCUT2D eigenvalue weighted by Gasteiger charge is 2.18. The van der Waals surface area contributed by atoms with E-state index in [1.165, 1.54) is 12.8 Å². The molecule has 1 fully saturated rings. The molecule has 126 valence electrons. The van der Waals surface area contributed by atoms with Crippen molar-refractivity contribution >= 4 is 17.3 Å². The Balaban J connectivity index is 1.78. The molecule has 2 heterocycles. The average molecular weight is 330 g/mol. The summed E-state index contributed by atoms with van der Waals surface area (Å²) in [6, 6.07) is 22.6. The molecular formula is C21H22N4. The summed E-state index contributed by atoms with van der Waals surface area (Å²) in [5, 5.41) is 0. The van der Waals surface area contributed by atoms with Gasteiger partial charge >= 0.3 is 0 Å². The number of aromatic nitrogens is 2. The Bertz CT molecular complexity index is 827. The van der Waals surface area contributed by atoms with E-state index in [0.29, 0.717) is 0 Å². The molecule has 0 spiro atoms. The van der Waals surface area contributed by atoms with Crippen molar-refractivity contribution in [1.82, 2.24) is 9.97 Å². The van der Waals surface area contributed by atoms with Gasteiger partial charge in [0, 0.05) is 37.5 Å². The van der Waals surface area contributed by atoms with Crippen LogP contribution in [0.1, 0.15) is 12.8 Å². The van der Waals surface area contributed by atoms with Crippen LogP contribution < -0.4 is 9.80 Å². The lowest BCUT2D eigenvalue weighted by Gasteiger charge is -2.23. The minimum absolute atomic E-state index is 0.780. The molecule has 0 atom stereocenters. The van der Waals surface area contributed by atoms with Gasteiger partial charge in [0.2, 0.25) is 0 Å². The molecule has 0 amide bonds. The van der Waals surface area contributed by atoms with Gasteiger partial charge in [-0.1, -0.05) is 48.5 Å². The number of nitrogens with zero attached hydrogens (tertiary/aromatic N) is 4. The molecule has 1 aliphatic rings. The van der Waals surface area contributed by atoms with Crippen LogP contribution in [-0.2, 0) is 0 Å². The second kappa shape index (κ2) is 6.93. The first kappa shape index (κ1) is 15.6. The standard InChI is InChI=1S/C21H22N4/c1-24(18-12-6-3-7-13-18)19-16-20(25-14-8-9-15-25)23-21(22-19)17-10-4-2-5-11-17/h2-7,10-13,16H,8-9,14-15H2,1H3. The molecule has 0 radical (unpaired) electrons. The first-order valence-electron chi connectivity index (χ1n) is 8.79. The lowest BCUT2D eigenvalue weighted by atomic mass is 10.2. The van der Waals surface area contributed by atoms with Crippen molar-refractivity contribution in [3.05, 3.63) is 66.7 Å². The van der Waals surface area contributed by atoms with Gasteiger partial charge in [-0.05, 0) is 25.0 Å². The molecule has 4 nitrogen and oxygen atoms in total. The van der Waals surface area contributed by atoms with Crippen molar-refractivity contribution < 1.29 is 0 Å². The minimum Gasteiger partial charge on any atom is -0.356 e. The number of rotatable bonds is 4. The second-order valence-electron chi connectivity index (χ2n) is 6.36. The predicted octanol–water partition coefficient (Wildman–Crippen LogP) is 4.51. The van der Waals surface area contributed by atoms with E-state index in [4.69, 9.17) is 9.97 Å². The van der Waals surface area contributed by atoms with Gasteiger partial charge in [0.05, 0.1) is 0 Å². The zero-order chi connectivity index (χ0) is 17.1. The Morgan fingerprint density at radius 1 is 0.840 bits per heavy atom. The summed E-state index contributed by atoms with van der Waals surface area (Å²) in [6.07, 6.45) is 2.46. The lowest BCUT2D eigenvalue weighted by molar-refractivity contribution is 0.926. The van der Waals surface area contributed by atoms with Crippen LogP contribution in [-0.4, -0.2) is 30.1 Å². The zero-order valence-corrected chi connectivity index (χ0v) is 14.5. The molecule has 0 aliphatic carbocycles. The molecule has 1 aromatic heterocycles. The number of anilines is 3. The Kier molecular flexibility index (Phi) is 4.34. The first-order valence-corrected chi connectivity index (χ1v) is 8.79. The Labute approximate surface area is 148 Å². The highest BCUT2D eigenvalue weighted by Crippen LogP contribution is 2.29. The summed E-state index contributed by atoms with van der Waals surface area (Å²) in [4.78, 5) is 14.2. The van der Waals surface area contributed by atoms with Gasteiger partial charge < -0.3 is 9.80 Å². The van der Waals surface area contributed by atoms with E-state index in [-0.39, 0.29) is 0 Å². The first-order chi connectivity index (χ1) is 12.3. The summed E-state index contributed by atoms with van der Waals surface area (Å²) in [7, 11) is 2.06. The predicted molar refractivity (Wildman–Crippen MR) is 103 cm³/mol. The molecule has 25 heavy (non-hydrogen) atoms. The topological polar surface area (TPSA) is 32.3 Å². The van der Waals surface area contributed by atoms with Crippen molar-refractivity contribution in [2.75, 3.05) is 29.9 Å². The van der Waals surface area contributed by atoms with Crippen LogP contribution in [0.4, 0.5) is 17.3 Å². The quantitative estimate of drug-likeness (QED) is 0.704. The molecule has 4 rings (SSSR count). The fraction of sp³-hybridized carbons (Fsp3) is 0.238. The average Bonchev–Trinajstić information content (AvgIpc) is 3.23.